The lowest BCUT2D eigenvalue weighted by molar-refractivity contribution is -0.160. The number of nitrogens with one attached hydrogen (secondary N) is 1. The molecule has 1 aromatic rings. The third-order valence-electron chi connectivity index (χ3n) is 4.73. The normalized spacial score (nSPS) is 26.7. The summed E-state index contributed by atoms with van der Waals surface area (Å²) in [7, 11) is 0. The first-order chi connectivity index (χ1) is 12.5. The van der Waals surface area contributed by atoms with Gasteiger partial charge in [0.1, 0.15) is 17.8 Å². The first-order valence-corrected chi connectivity index (χ1v) is 9.48. The van der Waals surface area contributed by atoms with Gasteiger partial charge in [-0.25, -0.2) is 4.79 Å². The molecule has 27 heavy (non-hydrogen) atoms. The van der Waals surface area contributed by atoms with E-state index in [1.54, 1.807) is 0 Å². The van der Waals surface area contributed by atoms with E-state index in [1.165, 1.54) is 0 Å². The summed E-state index contributed by atoms with van der Waals surface area (Å²) in [6.07, 6.45) is 0.00201. The van der Waals surface area contributed by atoms with E-state index in [-0.39, 0.29) is 17.8 Å². The average molecular weight is 375 g/mol. The number of rotatable bonds is 4. The molecule has 0 radical (unpaired) electrons. The van der Waals surface area contributed by atoms with Gasteiger partial charge in [0.05, 0.1) is 0 Å². The molecule has 1 amide bonds. The molecule has 1 heterocycles. The van der Waals surface area contributed by atoms with Crippen LogP contribution in [0.15, 0.2) is 24.3 Å². The summed E-state index contributed by atoms with van der Waals surface area (Å²) in [6, 6.07) is 8.12. The maximum absolute atomic E-state index is 12.3. The molecule has 1 aromatic carbocycles. The topological polar surface area (TPSA) is 73.9 Å². The predicted octanol–water partition coefficient (Wildman–Crippen LogP) is 3.33. The SMILES string of the molecule is CC(C)(C)OC(=O)NCCc1cccc([C@H]2CC(=O)[C@@H]3OC(C)(C)O[C@H]23)c1. The minimum absolute atomic E-state index is 0.00281. The van der Waals surface area contributed by atoms with Crippen molar-refractivity contribution >= 4 is 11.9 Å². The molecule has 1 saturated carbocycles. The summed E-state index contributed by atoms with van der Waals surface area (Å²) < 4.78 is 17.0. The van der Waals surface area contributed by atoms with Crippen molar-refractivity contribution in [3.8, 4) is 0 Å². The number of alkyl carbamates (subject to hydrolysis) is 1. The Morgan fingerprint density at radius 1 is 1.30 bits per heavy atom. The average Bonchev–Trinajstić information content (AvgIpc) is 3.00. The van der Waals surface area contributed by atoms with Crippen LogP contribution in [0.3, 0.4) is 0 Å². The molecule has 2 aliphatic rings. The molecule has 6 heteroatoms. The number of hydrogen-bond donors (Lipinski definition) is 1. The molecule has 6 nitrogen and oxygen atoms in total. The Balaban J connectivity index is 1.61. The fourth-order valence-electron chi connectivity index (χ4n) is 3.69. The van der Waals surface area contributed by atoms with E-state index in [4.69, 9.17) is 14.2 Å². The number of carbonyl (C=O) groups excluding carboxylic acids is 2. The minimum Gasteiger partial charge on any atom is -0.444 e. The molecule has 3 rings (SSSR count). The second kappa shape index (κ2) is 7.24. The van der Waals surface area contributed by atoms with Gasteiger partial charge in [-0.15, -0.1) is 0 Å². The molecule has 3 atom stereocenters. The number of ketones is 1. The van der Waals surface area contributed by atoms with E-state index < -0.39 is 23.6 Å². The smallest absolute Gasteiger partial charge is 0.407 e. The van der Waals surface area contributed by atoms with Crippen LogP contribution in [0, 0.1) is 0 Å². The second-order valence-corrected chi connectivity index (χ2v) is 8.72. The maximum atomic E-state index is 12.3. The summed E-state index contributed by atoms with van der Waals surface area (Å²) in [5.74, 6) is -0.617. The lowest BCUT2D eigenvalue weighted by Crippen LogP contribution is -2.33. The Kier molecular flexibility index (Phi) is 5.32. The molecule has 2 fully saturated rings. The van der Waals surface area contributed by atoms with E-state index >= 15 is 0 Å². The van der Waals surface area contributed by atoms with E-state index in [0.717, 1.165) is 11.1 Å². The van der Waals surface area contributed by atoms with Crippen LogP contribution >= 0.6 is 0 Å². The maximum Gasteiger partial charge on any atom is 0.407 e. The number of carbonyl (C=O) groups is 2. The Morgan fingerprint density at radius 2 is 2.04 bits per heavy atom. The molecule has 0 spiro atoms. The Bertz CT molecular complexity index is 722. The molecule has 1 aliphatic heterocycles. The van der Waals surface area contributed by atoms with Crippen LogP contribution in [0.2, 0.25) is 0 Å². The summed E-state index contributed by atoms with van der Waals surface area (Å²) >= 11 is 0. The van der Waals surface area contributed by atoms with Crippen molar-refractivity contribution in [2.45, 2.75) is 77.0 Å². The highest BCUT2D eigenvalue weighted by atomic mass is 16.8. The van der Waals surface area contributed by atoms with Crippen LogP contribution < -0.4 is 5.32 Å². The van der Waals surface area contributed by atoms with Gasteiger partial charge in [-0.1, -0.05) is 24.3 Å². The molecule has 1 aliphatic carbocycles. The highest BCUT2D eigenvalue weighted by Crippen LogP contribution is 2.44. The zero-order valence-electron chi connectivity index (χ0n) is 16.7. The molecule has 1 N–H and O–H groups in total. The number of fused-ring (bicyclic) bond motifs is 1. The third kappa shape index (κ3) is 4.87. The van der Waals surface area contributed by atoms with Gasteiger partial charge in [0, 0.05) is 18.9 Å². The number of Topliss-reactive ketones (excluding diaryl/α,β-unsaturated/α-hetero) is 1. The summed E-state index contributed by atoms with van der Waals surface area (Å²) in [5.41, 5.74) is 1.66. The summed E-state index contributed by atoms with van der Waals surface area (Å²) in [5, 5.41) is 2.77. The molecule has 148 valence electrons. The standard InChI is InChI=1S/C21H29NO5/c1-20(2,3)27-19(24)22-10-9-13-7-6-8-14(11-13)15-12-16(23)18-17(15)25-21(4,5)26-18/h6-8,11,15,17-18H,9-10,12H2,1-5H3,(H,22,24)/t15-,17-,18+/m1/s1. The highest BCUT2D eigenvalue weighted by molar-refractivity contribution is 5.88. The van der Waals surface area contributed by atoms with Crippen LogP contribution in [0.25, 0.3) is 0 Å². The van der Waals surface area contributed by atoms with Crippen molar-refractivity contribution in [3.63, 3.8) is 0 Å². The Morgan fingerprint density at radius 3 is 2.74 bits per heavy atom. The zero-order chi connectivity index (χ0) is 19.8. The predicted molar refractivity (Wildman–Crippen MR) is 101 cm³/mol. The molecular formula is C21H29NO5. The fourth-order valence-corrected chi connectivity index (χ4v) is 3.69. The van der Waals surface area contributed by atoms with Crippen LogP contribution in [0.5, 0.6) is 0 Å². The highest BCUT2D eigenvalue weighted by Gasteiger charge is 2.53. The van der Waals surface area contributed by atoms with Crippen molar-refractivity contribution in [1.29, 1.82) is 0 Å². The minimum atomic E-state index is -0.724. The van der Waals surface area contributed by atoms with Crippen molar-refractivity contribution in [3.05, 3.63) is 35.4 Å². The van der Waals surface area contributed by atoms with Gasteiger partial charge in [-0.05, 0) is 52.2 Å². The van der Waals surface area contributed by atoms with Crippen LogP contribution in [0.1, 0.15) is 58.1 Å². The molecule has 1 saturated heterocycles. The lowest BCUT2D eigenvalue weighted by Gasteiger charge is -2.22. The van der Waals surface area contributed by atoms with E-state index in [0.29, 0.717) is 19.4 Å². The van der Waals surface area contributed by atoms with Crippen LogP contribution in [-0.4, -0.2) is 42.0 Å². The van der Waals surface area contributed by atoms with Gasteiger partial charge in [0.15, 0.2) is 11.6 Å². The fraction of sp³-hybridized carbons (Fsp3) is 0.619. The van der Waals surface area contributed by atoms with Gasteiger partial charge >= 0.3 is 6.09 Å². The van der Waals surface area contributed by atoms with Crippen molar-refractivity contribution in [2.24, 2.45) is 0 Å². The summed E-state index contributed by atoms with van der Waals surface area (Å²) in [6.45, 7) is 9.68. The molecule has 0 aromatic heterocycles. The van der Waals surface area contributed by atoms with E-state index in [1.807, 2.05) is 52.8 Å². The number of ether oxygens (including phenoxy) is 3. The monoisotopic (exact) mass is 375 g/mol. The Hall–Kier alpha value is -1.92. The lowest BCUT2D eigenvalue weighted by atomic mass is 9.93. The van der Waals surface area contributed by atoms with E-state index in [9.17, 15) is 9.59 Å². The molecule has 0 bridgehead atoms. The summed E-state index contributed by atoms with van der Waals surface area (Å²) in [4.78, 5) is 24.1. The van der Waals surface area contributed by atoms with Gasteiger partial charge in [0.2, 0.25) is 0 Å². The quantitative estimate of drug-likeness (QED) is 0.874. The number of benzene rings is 1. The molecular weight excluding hydrogens is 346 g/mol. The number of hydrogen-bond acceptors (Lipinski definition) is 5. The number of amides is 1. The second-order valence-electron chi connectivity index (χ2n) is 8.72. The van der Waals surface area contributed by atoms with Crippen molar-refractivity contribution in [2.75, 3.05) is 6.54 Å². The molecule has 0 unspecified atom stereocenters. The van der Waals surface area contributed by atoms with Gasteiger partial charge in [0.25, 0.3) is 0 Å². The van der Waals surface area contributed by atoms with E-state index in [2.05, 4.69) is 11.4 Å². The van der Waals surface area contributed by atoms with Crippen molar-refractivity contribution in [1.82, 2.24) is 5.32 Å². The van der Waals surface area contributed by atoms with Crippen molar-refractivity contribution < 1.29 is 23.8 Å². The van der Waals surface area contributed by atoms with Gasteiger partial charge in [-0.3, -0.25) is 4.79 Å². The first kappa shape index (κ1) is 19.8. The zero-order valence-corrected chi connectivity index (χ0v) is 16.7. The first-order valence-electron chi connectivity index (χ1n) is 9.48. The van der Waals surface area contributed by atoms with Gasteiger partial charge in [-0.2, -0.15) is 0 Å². The van der Waals surface area contributed by atoms with Crippen LogP contribution in [-0.2, 0) is 25.4 Å². The third-order valence-corrected chi connectivity index (χ3v) is 4.73. The Labute approximate surface area is 160 Å². The van der Waals surface area contributed by atoms with Crippen LogP contribution in [0.4, 0.5) is 4.79 Å². The largest absolute Gasteiger partial charge is 0.444 e. The van der Waals surface area contributed by atoms with Gasteiger partial charge < -0.3 is 19.5 Å².